The molecular formula is C9H20O4Si. The van der Waals surface area contributed by atoms with Crippen LogP contribution in [0.15, 0.2) is 0 Å². The lowest BCUT2D eigenvalue weighted by molar-refractivity contribution is -0.168. The Labute approximate surface area is 85.9 Å². The Kier molecular flexibility index (Phi) is 4.77. The van der Waals surface area contributed by atoms with Gasteiger partial charge in [0.1, 0.15) is 0 Å². The zero-order valence-electron chi connectivity index (χ0n) is 9.33. The molecule has 0 aliphatic heterocycles. The van der Waals surface area contributed by atoms with Crippen LogP contribution < -0.4 is 0 Å². The zero-order chi connectivity index (χ0) is 11.4. The molecule has 5 heteroatoms. The molecule has 0 amide bonds. The normalized spacial score (nSPS) is 16.4. The number of carboxylic acid groups (broad SMARTS) is 1. The molecule has 84 valence electrons. The fourth-order valence-electron chi connectivity index (χ4n) is 0.757. The van der Waals surface area contributed by atoms with Gasteiger partial charge in [-0.05, 0) is 13.0 Å². The van der Waals surface area contributed by atoms with Crippen molar-refractivity contribution in [3.63, 3.8) is 0 Å². The molecule has 0 rings (SSSR count). The summed E-state index contributed by atoms with van der Waals surface area (Å²) in [4.78, 5) is 10.7. The van der Waals surface area contributed by atoms with E-state index in [1.54, 1.807) is 0 Å². The van der Waals surface area contributed by atoms with Crippen molar-refractivity contribution in [1.29, 1.82) is 0 Å². The fraction of sp³-hybridized carbons (Fsp3) is 0.889. The molecule has 0 bridgehead atoms. The Hall–Kier alpha value is -0.393. The quantitative estimate of drug-likeness (QED) is 0.660. The van der Waals surface area contributed by atoms with Gasteiger partial charge in [0.25, 0.3) is 0 Å². The van der Waals surface area contributed by atoms with Gasteiger partial charge in [0.15, 0.2) is 5.60 Å². The Morgan fingerprint density at radius 3 is 2.21 bits per heavy atom. The Morgan fingerprint density at radius 2 is 1.93 bits per heavy atom. The van der Waals surface area contributed by atoms with E-state index in [1.165, 1.54) is 6.92 Å². The van der Waals surface area contributed by atoms with E-state index in [4.69, 9.17) is 14.9 Å². The summed E-state index contributed by atoms with van der Waals surface area (Å²) in [6.07, 6.45) is 0. The summed E-state index contributed by atoms with van der Waals surface area (Å²) in [5, 5.41) is 17.7. The fourth-order valence-corrected chi connectivity index (χ4v) is 1.47. The highest BCUT2D eigenvalue weighted by Crippen LogP contribution is 2.14. The SMILES string of the molecule is CC(CO)(OCC[Si](C)(C)C)C(=O)O. The summed E-state index contributed by atoms with van der Waals surface area (Å²) in [7, 11) is -1.20. The molecule has 0 aromatic heterocycles. The lowest BCUT2D eigenvalue weighted by Crippen LogP contribution is -2.43. The number of carboxylic acids is 1. The van der Waals surface area contributed by atoms with Gasteiger partial charge in [-0.15, -0.1) is 0 Å². The Balaban J connectivity index is 4.04. The number of rotatable bonds is 6. The highest BCUT2D eigenvalue weighted by Gasteiger charge is 2.33. The molecule has 4 nitrogen and oxygen atoms in total. The molecule has 0 fully saturated rings. The van der Waals surface area contributed by atoms with Crippen molar-refractivity contribution in [3.8, 4) is 0 Å². The topological polar surface area (TPSA) is 66.8 Å². The number of carbonyl (C=O) groups is 1. The average Bonchev–Trinajstić information content (AvgIpc) is 2.01. The molecule has 0 radical (unpaired) electrons. The van der Waals surface area contributed by atoms with Crippen molar-refractivity contribution in [2.45, 2.75) is 38.2 Å². The molecule has 1 atom stereocenters. The second kappa shape index (κ2) is 4.91. The molecular weight excluding hydrogens is 200 g/mol. The molecule has 1 unspecified atom stereocenters. The Bertz CT molecular complexity index is 199. The van der Waals surface area contributed by atoms with Crippen LogP contribution in [0.5, 0.6) is 0 Å². The highest BCUT2D eigenvalue weighted by molar-refractivity contribution is 6.76. The van der Waals surface area contributed by atoms with Gasteiger partial charge >= 0.3 is 5.97 Å². The summed E-state index contributed by atoms with van der Waals surface area (Å²) in [5.74, 6) is -1.12. The van der Waals surface area contributed by atoms with Gasteiger partial charge in [0, 0.05) is 14.7 Å². The minimum absolute atomic E-state index is 0.402. The van der Waals surface area contributed by atoms with E-state index in [9.17, 15) is 4.79 Å². The minimum Gasteiger partial charge on any atom is -0.479 e. The van der Waals surface area contributed by atoms with Crippen molar-refractivity contribution in [3.05, 3.63) is 0 Å². The predicted octanol–water partition coefficient (Wildman–Crippen LogP) is 1.18. The molecule has 0 saturated carbocycles. The molecule has 0 aromatic carbocycles. The van der Waals surface area contributed by atoms with E-state index in [0.29, 0.717) is 6.61 Å². The first-order valence-corrected chi connectivity index (χ1v) is 8.40. The molecule has 0 saturated heterocycles. The van der Waals surface area contributed by atoms with Gasteiger partial charge in [-0.2, -0.15) is 0 Å². The van der Waals surface area contributed by atoms with Crippen LogP contribution in [-0.2, 0) is 9.53 Å². The molecule has 0 spiro atoms. The van der Waals surface area contributed by atoms with E-state index in [2.05, 4.69) is 19.6 Å². The number of hydrogen-bond acceptors (Lipinski definition) is 3. The summed E-state index contributed by atoms with van der Waals surface area (Å²) in [5.41, 5.74) is -1.44. The van der Waals surface area contributed by atoms with E-state index < -0.39 is 26.3 Å². The summed E-state index contributed by atoms with van der Waals surface area (Å²) in [6, 6.07) is 0.899. The first-order chi connectivity index (χ1) is 6.21. The van der Waals surface area contributed by atoms with Crippen LogP contribution in [0.1, 0.15) is 6.92 Å². The van der Waals surface area contributed by atoms with E-state index in [-0.39, 0.29) is 0 Å². The number of hydrogen-bond donors (Lipinski definition) is 2. The number of aliphatic hydroxyl groups excluding tert-OH is 1. The zero-order valence-corrected chi connectivity index (χ0v) is 10.3. The smallest absolute Gasteiger partial charge is 0.338 e. The van der Waals surface area contributed by atoms with Crippen LogP contribution in [0.25, 0.3) is 0 Å². The first-order valence-electron chi connectivity index (χ1n) is 4.69. The standard InChI is InChI=1S/C9H20O4Si/c1-9(7-10,8(11)12)13-5-6-14(2,3)4/h10H,5-7H2,1-4H3,(H,11,12). The van der Waals surface area contributed by atoms with Crippen molar-refractivity contribution in [1.82, 2.24) is 0 Å². The van der Waals surface area contributed by atoms with Gasteiger partial charge in [-0.25, -0.2) is 4.79 Å². The summed E-state index contributed by atoms with van der Waals surface area (Å²) in [6.45, 7) is 7.86. The van der Waals surface area contributed by atoms with Gasteiger partial charge in [0.2, 0.25) is 0 Å². The Morgan fingerprint density at radius 1 is 1.43 bits per heavy atom. The maximum atomic E-state index is 10.7. The average molecular weight is 220 g/mol. The predicted molar refractivity (Wildman–Crippen MR) is 57.2 cm³/mol. The van der Waals surface area contributed by atoms with Gasteiger partial charge in [-0.3, -0.25) is 0 Å². The lowest BCUT2D eigenvalue weighted by Gasteiger charge is -2.24. The van der Waals surface area contributed by atoms with E-state index in [0.717, 1.165) is 6.04 Å². The summed E-state index contributed by atoms with van der Waals surface area (Å²) < 4.78 is 5.20. The van der Waals surface area contributed by atoms with Crippen LogP contribution in [0.3, 0.4) is 0 Å². The number of ether oxygens (including phenoxy) is 1. The van der Waals surface area contributed by atoms with Crippen molar-refractivity contribution in [2.24, 2.45) is 0 Å². The van der Waals surface area contributed by atoms with Crippen LogP contribution in [0.4, 0.5) is 0 Å². The molecule has 0 aliphatic carbocycles. The number of aliphatic hydroxyl groups is 1. The maximum Gasteiger partial charge on any atom is 0.338 e. The van der Waals surface area contributed by atoms with Gasteiger partial charge < -0.3 is 14.9 Å². The van der Waals surface area contributed by atoms with Crippen LogP contribution in [0, 0.1) is 0 Å². The van der Waals surface area contributed by atoms with Gasteiger partial charge in [0.05, 0.1) is 6.61 Å². The second-order valence-electron chi connectivity index (χ2n) is 4.85. The third-order valence-corrected chi connectivity index (χ3v) is 3.73. The third-order valence-electron chi connectivity index (χ3n) is 2.03. The second-order valence-corrected chi connectivity index (χ2v) is 10.5. The van der Waals surface area contributed by atoms with Crippen LogP contribution >= 0.6 is 0 Å². The van der Waals surface area contributed by atoms with Crippen molar-refractivity contribution < 1.29 is 19.7 Å². The molecule has 14 heavy (non-hydrogen) atoms. The highest BCUT2D eigenvalue weighted by atomic mass is 28.3. The van der Waals surface area contributed by atoms with Crippen LogP contribution in [0.2, 0.25) is 25.7 Å². The lowest BCUT2D eigenvalue weighted by atomic mass is 10.1. The van der Waals surface area contributed by atoms with Crippen molar-refractivity contribution in [2.75, 3.05) is 13.2 Å². The molecule has 2 N–H and O–H groups in total. The molecule has 0 aromatic rings. The monoisotopic (exact) mass is 220 g/mol. The molecule has 0 aliphatic rings. The van der Waals surface area contributed by atoms with Gasteiger partial charge in [-0.1, -0.05) is 19.6 Å². The maximum absolute atomic E-state index is 10.7. The van der Waals surface area contributed by atoms with Crippen molar-refractivity contribution >= 4 is 14.0 Å². The largest absolute Gasteiger partial charge is 0.479 e. The minimum atomic E-state index is -1.44. The third kappa shape index (κ3) is 4.73. The van der Waals surface area contributed by atoms with E-state index >= 15 is 0 Å². The summed E-state index contributed by atoms with van der Waals surface area (Å²) >= 11 is 0. The first kappa shape index (κ1) is 13.6. The number of aliphatic carboxylic acids is 1. The molecule has 0 heterocycles. The van der Waals surface area contributed by atoms with Crippen LogP contribution in [-0.4, -0.2) is 43.1 Å². The van der Waals surface area contributed by atoms with E-state index in [1.807, 2.05) is 0 Å².